The lowest BCUT2D eigenvalue weighted by Crippen LogP contribution is -2.44. The largest absolute Gasteiger partial charge is 0.506 e. The zero-order valence-corrected chi connectivity index (χ0v) is 15.0. The van der Waals surface area contributed by atoms with Gasteiger partial charge in [-0.1, -0.05) is 17.7 Å². The highest BCUT2D eigenvalue weighted by molar-refractivity contribution is 6.52. The summed E-state index contributed by atoms with van der Waals surface area (Å²) in [4.78, 5) is 21.2. The third-order valence-electron chi connectivity index (χ3n) is 4.56. The lowest BCUT2D eigenvalue weighted by molar-refractivity contribution is -0.109. The molecule has 8 heteroatoms. The lowest BCUT2D eigenvalue weighted by Gasteiger charge is -2.32. The fourth-order valence-corrected chi connectivity index (χ4v) is 3.21. The molecule has 1 aliphatic carbocycles. The predicted molar refractivity (Wildman–Crippen MR) is 102 cm³/mol. The van der Waals surface area contributed by atoms with E-state index >= 15 is 0 Å². The maximum Gasteiger partial charge on any atom is 0.207 e. The van der Waals surface area contributed by atoms with Gasteiger partial charge in [0.1, 0.15) is 17.2 Å². The average molecular weight is 372 g/mol. The highest BCUT2D eigenvalue weighted by Gasteiger charge is 2.24. The van der Waals surface area contributed by atoms with Gasteiger partial charge < -0.3 is 14.9 Å². The molecule has 2 aliphatic rings. The Morgan fingerprint density at radius 1 is 1.19 bits per heavy atom. The first-order valence-electron chi connectivity index (χ1n) is 8.35. The van der Waals surface area contributed by atoms with Crippen molar-refractivity contribution < 1.29 is 9.90 Å². The third-order valence-corrected chi connectivity index (χ3v) is 4.86. The summed E-state index contributed by atoms with van der Waals surface area (Å²) in [6.45, 7) is 3.54. The Labute approximate surface area is 155 Å². The topological polar surface area (TPSA) is 73.4 Å². The number of aliphatic hydroxyl groups excluding tert-OH is 1. The number of hydrogen-bond acceptors (Lipinski definition) is 6. The molecule has 1 saturated heterocycles. The van der Waals surface area contributed by atoms with Crippen LogP contribution in [-0.2, 0) is 4.79 Å². The number of rotatable bonds is 2. The van der Waals surface area contributed by atoms with Crippen LogP contribution in [0.25, 0.3) is 5.52 Å². The van der Waals surface area contributed by atoms with E-state index in [0.717, 1.165) is 43.6 Å². The molecule has 1 fully saturated rings. The summed E-state index contributed by atoms with van der Waals surface area (Å²) in [7, 11) is 2.09. The van der Waals surface area contributed by atoms with Gasteiger partial charge in [-0.3, -0.25) is 4.79 Å². The van der Waals surface area contributed by atoms with Crippen LogP contribution in [0.3, 0.4) is 0 Å². The van der Waals surface area contributed by atoms with Crippen LogP contribution in [0.1, 0.15) is 0 Å². The standard InChI is InChI=1S/C18H18ClN5O2/c1-22-6-8-23(9-7-22)18-17(14-4-2-3-5-24(14)21-18)20-13-10-12(19)15(25)11-16(13)26/h2-5,10-11,25H,6-9H2,1H3. The van der Waals surface area contributed by atoms with Gasteiger partial charge in [-0.25, -0.2) is 9.51 Å². The molecule has 3 heterocycles. The smallest absolute Gasteiger partial charge is 0.207 e. The summed E-state index contributed by atoms with van der Waals surface area (Å²) in [5, 5.41) is 14.4. The number of pyridine rings is 1. The number of carbonyl (C=O) groups is 1. The van der Waals surface area contributed by atoms with E-state index in [1.54, 1.807) is 4.52 Å². The Morgan fingerprint density at radius 2 is 1.96 bits per heavy atom. The maximum absolute atomic E-state index is 12.2. The summed E-state index contributed by atoms with van der Waals surface area (Å²) in [6.07, 6.45) is 4.33. The van der Waals surface area contributed by atoms with Gasteiger partial charge >= 0.3 is 0 Å². The Morgan fingerprint density at radius 3 is 2.73 bits per heavy atom. The van der Waals surface area contributed by atoms with E-state index in [9.17, 15) is 9.90 Å². The number of halogens is 1. The number of aliphatic imine (C=N–C) groups is 1. The van der Waals surface area contributed by atoms with Crippen molar-refractivity contribution in [2.24, 2.45) is 4.99 Å². The van der Waals surface area contributed by atoms with Crippen molar-refractivity contribution in [1.82, 2.24) is 14.5 Å². The average Bonchev–Trinajstić information content (AvgIpc) is 2.99. The number of fused-ring (bicyclic) bond motifs is 1. The summed E-state index contributed by atoms with van der Waals surface area (Å²) < 4.78 is 1.76. The highest BCUT2D eigenvalue weighted by Crippen LogP contribution is 2.34. The Balaban J connectivity index is 1.82. The summed E-state index contributed by atoms with van der Waals surface area (Å²) in [5.41, 5.74) is 1.63. The van der Waals surface area contributed by atoms with Crippen molar-refractivity contribution >= 4 is 40.1 Å². The van der Waals surface area contributed by atoms with Crippen LogP contribution in [0.15, 0.2) is 52.3 Å². The minimum absolute atomic E-state index is 0.0981. The molecule has 0 bridgehead atoms. The summed E-state index contributed by atoms with van der Waals surface area (Å²) in [5.74, 6) is 0.120. The van der Waals surface area contributed by atoms with E-state index in [1.807, 2.05) is 24.4 Å². The number of anilines is 1. The number of aromatic nitrogens is 2. The molecule has 26 heavy (non-hydrogen) atoms. The van der Waals surface area contributed by atoms with Crippen LogP contribution in [0, 0.1) is 0 Å². The van der Waals surface area contributed by atoms with Gasteiger partial charge in [0.2, 0.25) is 5.78 Å². The lowest BCUT2D eigenvalue weighted by atomic mass is 10.1. The molecule has 0 atom stereocenters. The van der Waals surface area contributed by atoms with E-state index in [0.29, 0.717) is 5.69 Å². The van der Waals surface area contributed by atoms with E-state index in [4.69, 9.17) is 11.6 Å². The number of hydrogen-bond donors (Lipinski definition) is 1. The van der Waals surface area contributed by atoms with Crippen LogP contribution in [-0.4, -0.2) is 64.3 Å². The third kappa shape index (κ3) is 3.00. The number of ketones is 1. The Kier molecular flexibility index (Phi) is 4.26. The Bertz CT molecular complexity index is 967. The van der Waals surface area contributed by atoms with Crippen LogP contribution in [0.4, 0.5) is 11.5 Å². The highest BCUT2D eigenvalue weighted by atomic mass is 35.5. The fourth-order valence-electron chi connectivity index (χ4n) is 3.05. The first-order valence-corrected chi connectivity index (χ1v) is 8.73. The van der Waals surface area contributed by atoms with Crippen LogP contribution < -0.4 is 4.90 Å². The number of nitrogens with zero attached hydrogens (tertiary/aromatic N) is 5. The first-order chi connectivity index (χ1) is 12.5. The summed E-state index contributed by atoms with van der Waals surface area (Å²) >= 11 is 5.96. The van der Waals surface area contributed by atoms with Crippen LogP contribution in [0.2, 0.25) is 0 Å². The second-order valence-corrected chi connectivity index (χ2v) is 6.78. The van der Waals surface area contributed by atoms with Gasteiger partial charge in [-0.2, -0.15) is 0 Å². The van der Waals surface area contributed by atoms with E-state index in [-0.39, 0.29) is 22.3 Å². The van der Waals surface area contributed by atoms with E-state index in [2.05, 4.69) is 26.9 Å². The van der Waals surface area contributed by atoms with Gasteiger partial charge in [-0.05, 0) is 25.3 Å². The molecular formula is C18H18ClN5O2. The molecule has 0 aromatic carbocycles. The van der Waals surface area contributed by atoms with Gasteiger partial charge in [0, 0.05) is 38.5 Å². The minimum atomic E-state index is -0.383. The van der Waals surface area contributed by atoms with Crippen LogP contribution >= 0.6 is 11.6 Å². The zero-order valence-electron chi connectivity index (χ0n) is 14.3. The quantitative estimate of drug-likeness (QED) is 0.820. The molecule has 0 amide bonds. The van der Waals surface area contributed by atoms with Gasteiger partial charge in [0.25, 0.3) is 0 Å². The van der Waals surface area contributed by atoms with Crippen molar-refractivity contribution in [2.45, 2.75) is 0 Å². The van der Waals surface area contributed by atoms with Crippen molar-refractivity contribution in [3.8, 4) is 0 Å². The van der Waals surface area contributed by atoms with Crippen molar-refractivity contribution in [1.29, 1.82) is 0 Å². The molecule has 0 unspecified atom stereocenters. The molecule has 0 saturated carbocycles. The van der Waals surface area contributed by atoms with E-state index in [1.165, 1.54) is 6.08 Å². The van der Waals surface area contributed by atoms with Crippen LogP contribution in [0.5, 0.6) is 0 Å². The Hall–Kier alpha value is -2.64. The number of allylic oxidation sites excluding steroid dienone is 3. The van der Waals surface area contributed by atoms with E-state index < -0.39 is 0 Å². The number of piperazine rings is 1. The minimum Gasteiger partial charge on any atom is -0.506 e. The van der Waals surface area contributed by atoms with Crippen molar-refractivity contribution in [3.63, 3.8) is 0 Å². The van der Waals surface area contributed by atoms with Gasteiger partial charge in [-0.15, -0.1) is 5.10 Å². The van der Waals surface area contributed by atoms with Gasteiger partial charge in [0.15, 0.2) is 5.82 Å². The van der Waals surface area contributed by atoms with Crippen molar-refractivity contribution in [2.75, 3.05) is 38.1 Å². The van der Waals surface area contributed by atoms with Gasteiger partial charge in [0.05, 0.1) is 10.5 Å². The number of aliphatic hydroxyl groups is 1. The molecule has 2 aromatic heterocycles. The predicted octanol–water partition coefficient (Wildman–Crippen LogP) is 2.31. The van der Waals surface area contributed by atoms with Crippen molar-refractivity contribution in [3.05, 3.63) is 47.3 Å². The second-order valence-electron chi connectivity index (χ2n) is 6.38. The molecule has 1 aliphatic heterocycles. The zero-order chi connectivity index (χ0) is 18.3. The first kappa shape index (κ1) is 16.8. The molecular weight excluding hydrogens is 354 g/mol. The molecule has 0 radical (unpaired) electrons. The molecule has 7 nitrogen and oxygen atoms in total. The molecule has 134 valence electrons. The normalized spacial score (nSPS) is 20.6. The molecule has 2 aromatic rings. The maximum atomic E-state index is 12.2. The molecule has 4 rings (SSSR count). The summed E-state index contributed by atoms with van der Waals surface area (Å²) in [6, 6.07) is 5.72. The second kappa shape index (κ2) is 6.59. The molecule has 0 spiro atoms. The fraction of sp³-hybridized carbons (Fsp3) is 0.278. The molecule has 1 N–H and O–H groups in total. The number of carbonyl (C=O) groups excluding carboxylic acids is 1. The number of likely N-dealkylation sites (N-methyl/N-ethyl adjacent to an activating group) is 1. The monoisotopic (exact) mass is 371 g/mol. The SMILES string of the molecule is CN1CCN(c2nn3ccccc3c2N=C2C=C(Cl)C(O)=CC2=O)CC1.